The Kier molecular flexibility index (Phi) is 9.57. The van der Waals surface area contributed by atoms with Gasteiger partial charge in [-0.3, -0.25) is 0 Å². The summed E-state index contributed by atoms with van der Waals surface area (Å²) in [5, 5.41) is 23.4. The zero-order chi connectivity index (χ0) is 16.4. The Hall–Kier alpha value is -0.160. The fourth-order valence-corrected chi connectivity index (χ4v) is 3.67. The van der Waals surface area contributed by atoms with Crippen LogP contribution < -0.4 is 11.1 Å². The van der Waals surface area contributed by atoms with Gasteiger partial charge in [-0.25, -0.2) is 0 Å². The Bertz CT molecular complexity index is 280. The smallest absolute Gasteiger partial charge is 0.0697 e. The van der Waals surface area contributed by atoms with Crippen LogP contribution in [-0.2, 0) is 0 Å². The van der Waals surface area contributed by atoms with E-state index in [9.17, 15) is 10.2 Å². The molecule has 22 heavy (non-hydrogen) atoms. The maximum absolute atomic E-state index is 10.8. The molecule has 1 saturated heterocycles. The largest absolute Gasteiger partial charge is 0.396 e. The van der Waals surface area contributed by atoms with E-state index in [0.29, 0.717) is 17.8 Å². The predicted molar refractivity (Wildman–Crippen MR) is 92.7 cm³/mol. The van der Waals surface area contributed by atoms with Crippen molar-refractivity contribution in [2.75, 3.05) is 26.2 Å². The molecule has 1 rings (SSSR count). The Balaban J connectivity index is 2.35. The van der Waals surface area contributed by atoms with Crippen LogP contribution in [-0.4, -0.2) is 42.1 Å². The van der Waals surface area contributed by atoms with Crippen LogP contribution in [0.5, 0.6) is 0 Å². The second kappa shape index (κ2) is 10.6. The molecular weight excluding hydrogens is 276 g/mol. The molecule has 0 aromatic rings. The van der Waals surface area contributed by atoms with Gasteiger partial charge in [0.15, 0.2) is 0 Å². The molecule has 1 aliphatic rings. The van der Waals surface area contributed by atoms with E-state index in [4.69, 9.17) is 5.73 Å². The minimum atomic E-state index is -0.484. The SMILES string of the molecule is CC(CCN)CCC(CCO)CCC(C)C1(O)CCNCC1. The zero-order valence-electron chi connectivity index (χ0n) is 14.7. The summed E-state index contributed by atoms with van der Waals surface area (Å²) in [6, 6.07) is 0. The monoisotopic (exact) mass is 314 g/mol. The van der Waals surface area contributed by atoms with E-state index >= 15 is 0 Å². The van der Waals surface area contributed by atoms with Crippen LogP contribution in [0.4, 0.5) is 0 Å². The van der Waals surface area contributed by atoms with Crippen molar-refractivity contribution in [1.82, 2.24) is 5.32 Å². The lowest BCUT2D eigenvalue weighted by atomic mass is 9.77. The second-order valence-electron chi connectivity index (χ2n) is 7.47. The van der Waals surface area contributed by atoms with E-state index in [1.54, 1.807) is 0 Å². The molecular formula is C18H38N2O2. The first-order valence-electron chi connectivity index (χ1n) is 9.26. The average molecular weight is 315 g/mol. The van der Waals surface area contributed by atoms with Crippen LogP contribution in [0, 0.1) is 17.8 Å². The lowest BCUT2D eigenvalue weighted by molar-refractivity contribution is -0.0421. The van der Waals surface area contributed by atoms with Gasteiger partial charge in [0.1, 0.15) is 0 Å². The second-order valence-corrected chi connectivity index (χ2v) is 7.47. The van der Waals surface area contributed by atoms with Crippen LogP contribution in [0.15, 0.2) is 0 Å². The van der Waals surface area contributed by atoms with E-state index in [0.717, 1.165) is 58.2 Å². The summed E-state index contributed by atoms with van der Waals surface area (Å²) in [7, 11) is 0. The molecule has 0 bridgehead atoms. The molecule has 0 aromatic carbocycles. The van der Waals surface area contributed by atoms with Gasteiger partial charge in [0, 0.05) is 6.61 Å². The van der Waals surface area contributed by atoms with Gasteiger partial charge in [-0.05, 0) is 69.5 Å². The number of aliphatic hydroxyl groups is 2. The molecule has 3 unspecified atom stereocenters. The maximum Gasteiger partial charge on any atom is 0.0697 e. The highest BCUT2D eigenvalue weighted by Gasteiger charge is 2.34. The van der Waals surface area contributed by atoms with Crippen molar-refractivity contribution in [3.63, 3.8) is 0 Å². The molecule has 1 aliphatic heterocycles. The molecule has 1 heterocycles. The summed E-state index contributed by atoms with van der Waals surface area (Å²) in [6.45, 7) is 7.36. The van der Waals surface area contributed by atoms with Gasteiger partial charge in [-0.1, -0.05) is 33.1 Å². The van der Waals surface area contributed by atoms with Crippen molar-refractivity contribution in [1.29, 1.82) is 0 Å². The van der Waals surface area contributed by atoms with Crippen molar-refractivity contribution in [3.8, 4) is 0 Å². The Morgan fingerprint density at radius 1 is 1.00 bits per heavy atom. The number of aliphatic hydroxyl groups excluding tert-OH is 1. The molecule has 0 aliphatic carbocycles. The Morgan fingerprint density at radius 3 is 2.23 bits per heavy atom. The Morgan fingerprint density at radius 2 is 1.64 bits per heavy atom. The standard InChI is InChI=1S/C18H38N2O2/c1-15(7-11-19)3-5-17(8-14-21)6-4-16(2)18(22)9-12-20-13-10-18/h15-17,20-22H,3-14,19H2,1-2H3. The first-order valence-corrected chi connectivity index (χ1v) is 9.26. The van der Waals surface area contributed by atoms with Crippen molar-refractivity contribution in [2.24, 2.45) is 23.5 Å². The summed E-state index contributed by atoms with van der Waals surface area (Å²) in [5.41, 5.74) is 5.13. The van der Waals surface area contributed by atoms with Crippen LogP contribution in [0.25, 0.3) is 0 Å². The highest BCUT2D eigenvalue weighted by atomic mass is 16.3. The molecule has 132 valence electrons. The van der Waals surface area contributed by atoms with E-state index in [-0.39, 0.29) is 6.61 Å². The normalized spacial score (nSPS) is 22.2. The topological polar surface area (TPSA) is 78.5 Å². The summed E-state index contributed by atoms with van der Waals surface area (Å²) in [6.07, 6.45) is 8.27. The number of piperidine rings is 1. The molecule has 1 fully saturated rings. The molecule has 0 saturated carbocycles. The fourth-order valence-electron chi connectivity index (χ4n) is 3.67. The first kappa shape index (κ1) is 19.9. The fraction of sp³-hybridized carbons (Fsp3) is 1.00. The van der Waals surface area contributed by atoms with Crippen molar-refractivity contribution in [3.05, 3.63) is 0 Å². The van der Waals surface area contributed by atoms with Crippen LogP contribution in [0.1, 0.15) is 65.2 Å². The zero-order valence-corrected chi connectivity index (χ0v) is 14.7. The quantitative estimate of drug-likeness (QED) is 0.472. The van der Waals surface area contributed by atoms with Crippen LogP contribution >= 0.6 is 0 Å². The molecule has 3 atom stereocenters. The highest BCUT2D eigenvalue weighted by Crippen LogP contribution is 2.32. The third-order valence-electron chi connectivity index (χ3n) is 5.66. The minimum absolute atomic E-state index is 0.276. The molecule has 4 heteroatoms. The molecule has 0 amide bonds. The molecule has 4 nitrogen and oxygen atoms in total. The number of nitrogens with two attached hydrogens (primary N) is 1. The third kappa shape index (κ3) is 6.95. The molecule has 0 spiro atoms. The lowest BCUT2D eigenvalue weighted by Gasteiger charge is -2.38. The van der Waals surface area contributed by atoms with Crippen LogP contribution in [0.2, 0.25) is 0 Å². The van der Waals surface area contributed by atoms with Gasteiger partial charge in [0.2, 0.25) is 0 Å². The van der Waals surface area contributed by atoms with Crippen molar-refractivity contribution < 1.29 is 10.2 Å². The van der Waals surface area contributed by atoms with Gasteiger partial charge in [0.25, 0.3) is 0 Å². The van der Waals surface area contributed by atoms with Gasteiger partial charge < -0.3 is 21.3 Å². The summed E-state index contributed by atoms with van der Waals surface area (Å²) in [5.74, 6) is 1.60. The number of hydrogen-bond donors (Lipinski definition) is 4. The molecule has 0 radical (unpaired) electrons. The van der Waals surface area contributed by atoms with Gasteiger partial charge in [0.05, 0.1) is 5.60 Å². The average Bonchev–Trinajstić information content (AvgIpc) is 2.50. The van der Waals surface area contributed by atoms with Crippen LogP contribution in [0.3, 0.4) is 0 Å². The van der Waals surface area contributed by atoms with E-state index in [1.807, 2.05) is 0 Å². The number of hydrogen-bond acceptors (Lipinski definition) is 4. The van der Waals surface area contributed by atoms with Crippen molar-refractivity contribution in [2.45, 2.75) is 70.8 Å². The highest BCUT2D eigenvalue weighted by molar-refractivity contribution is 4.88. The van der Waals surface area contributed by atoms with Gasteiger partial charge in [-0.2, -0.15) is 0 Å². The van der Waals surface area contributed by atoms with E-state index in [2.05, 4.69) is 19.2 Å². The summed E-state index contributed by atoms with van der Waals surface area (Å²) < 4.78 is 0. The maximum atomic E-state index is 10.8. The van der Waals surface area contributed by atoms with E-state index in [1.165, 1.54) is 12.8 Å². The van der Waals surface area contributed by atoms with E-state index < -0.39 is 5.60 Å². The Labute approximate surface area is 136 Å². The predicted octanol–water partition coefficient (Wildman–Crippen LogP) is 2.28. The van der Waals surface area contributed by atoms with Crippen molar-refractivity contribution >= 4 is 0 Å². The first-order chi connectivity index (χ1) is 10.5. The molecule has 5 N–H and O–H groups in total. The summed E-state index contributed by atoms with van der Waals surface area (Å²) >= 11 is 0. The minimum Gasteiger partial charge on any atom is -0.396 e. The number of nitrogens with one attached hydrogen (secondary N) is 1. The lowest BCUT2D eigenvalue weighted by Crippen LogP contribution is -2.46. The van der Waals surface area contributed by atoms with Gasteiger partial charge in [-0.15, -0.1) is 0 Å². The molecule has 0 aromatic heterocycles. The van der Waals surface area contributed by atoms with Gasteiger partial charge >= 0.3 is 0 Å². The number of rotatable bonds is 11. The third-order valence-corrected chi connectivity index (χ3v) is 5.66. The summed E-state index contributed by atoms with van der Waals surface area (Å²) in [4.78, 5) is 0.